The average Bonchev–Trinajstić information content (AvgIpc) is 2.62. The molecular weight excluding hydrogens is 300 g/mol. The van der Waals surface area contributed by atoms with Crippen LogP contribution in [0.15, 0.2) is 71.8 Å². The Bertz CT molecular complexity index is 882. The van der Waals surface area contributed by atoms with Gasteiger partial charge in [-0.25, -0.2) is 5.43 Å². The molecule has 3 rings (SSSR count). The molecule has 1 N–H and O–H groups in total. The van der Waals surface area contributed by atoms with Crippen molar-refractivity contribution in [1.29, 1.82) is 0 Å². The SMILES string of the molecule is CCOc1cccc(/C=N/NC(=O)c2cccc3ccccc23)c1. The zero-order valence-electron chi connectivity index (χ0n) is 13.4. The van der Waals surface area contributed by atoms with E-state index in [1.54, 1.807) is 12.3 Å². The largest absolute Gasteiger partial charge is 0.494 e. The summed E-state index contributed by atoms with van der Waals surface area (Å²) in [6, 6.07) is 21.0. The third-order valence-electron chi connectivity index (χ3n) is 3.58. The van der Waals surface area contributed by atoms with Gasteiger partial charge in [-0.15, -0.1) is 0 Å². The molecule has 0 spiro atoms. The summed E-state index contributed by atoms with van der Waals surface area (Å²) in [6.45, 7) is 2.55. The van der Waals surface area contributed by atoms with E-state index in [0.29, 0.717) is 12.2 Å². The Hall–Kier alpha value is -3.14. The molecule has 0 heterocycles. The van der Waals surface area contributed by atoms with Crippen molar-refractivity contribution in [2.24, 2.45) is 5.10 Å². The van der Waals surface area contributed by atoms with Crippen LogP contribution in [0.1, 0.15) is 22.8 Å². The van der Waals surface area contributed by atoms with E-state index in [1.807, 2.05) is 67.6 Å². The Morgan fingerprint density at radius 3 is 2.75 bits per heavy atom. The van der Waals surface area contributed by atoms with Gasteiger partial charge in [0.25, 0.3) is 5.91 Å². The first-order valence-electron chi connectivity index (χ1n) is 7.82. The number of hydrogen-bond donors (Lipinski definition) is 1. The topological polar surface area (TPSA) is 50.7 Å². The highest BCUT2D eigenvalue weighted by Crippen LogP contribution is 2.18. The summed E-state index contributed by atoms with van der Waals surface area (Å²) in [7, 11) is 0. The lowest BCUT2D eigenvalue weighted by Crippen LogP contribution is -2.17. The Morgan fingerprint density at radius 2 is 1.88 bits per heavy atom. The minimum absolute atomic E-state index is 0.232. The van der Waals surface area contributed by atoms with Crippen LogP contribution in [0.4, 0.5) is 0 Å². The molecular formula is C20H18N2O2. The van der Waals surface area contributed by atoms with Crippen LogP contribution in [-0.2, 0) is 0 Å². The molecule has 24 heavy (non-hydrogen) atoms. The van der Waals surface area contributed by atoms with Gasteiger partial charge in [0.2, 0.25) is 0 Å². The predicted octanol–water partition coefficient (Wildman–Crippen LogP) is 4.00. The first-order valence-corrected chi connectivity index (χ1v) is 7.82. The van der Waals surface area contributed by atoms with Gasteiger partial charge < -0.3 is 4.74 Å². The van der Waals surface area contributed by atoms with E-state index in [1.165, 1.54) is 0 Å². The Morgan fingerprint density at radius 1 is 1.08 bits per heavy atom. The fraction of sp³-hybridized carbons (Fsp3) is 0.100. The molecule has 0 saturated heterocycles. The number of nitrogens with zero attached hydrogens (tertiary/aromatic N) is 1. The number of rotatable bonds is 5. The number of hydrazone groups is 1. The first kappa shape index (κ1) is 15.7. The molecule has 3 aromatic carbocycles. The molecule has 4 heteroatoms. The zero-order chi connectivity index (χ0) is 16.8. The van der Waals surface area contributed by atoms with Crippen molar-refractivity contribution in [2.75, 3.05) is 6.61 Å². The van der Waals surface area contributed by atoms with E-state index in [4.69, 9.17) is 4.74 Å². The van der Waals surface area contributed by atoms with Crippen molar-refractivity contribution in [3.63, 3.8) is 0 Å². The van der Waals surface area contributed by atoms with E-state index in [0.717, 1.165) is 22.1 Å². The zero-order valence-corrected chi connectivity index (χ0v) is 13.4. The lowest BCUT2D eigenvalue weighted by atomic mass is 10.0. The third-order valence-corrected chi connectivity index (χ3v) is 3.58. The average molecular weight is 318 g/mol. The summed E-state index contributed by atoms with van der Waals surface area (Å²) in [5.74, 6) is 0.547. The van der Waals surface area contributed by atoms with Crippen LogP contribution in [0, 0.1) is 0 Å². The second-order valence-electron chi connectivity index (χ2n) is 5.23. The molecule has 1 amide bonds. The van der Waals surface area contributed by atoms with Gasteiger partial charge in [-0.2, -0.15) is 5.10 Å². The van der Waals surface area contributed by atoms with Crippen LogP contribution in [0.3, 0.4) is 0 Å². The summed E-state index contributed by atoms with van der Waals surface area (Å²) in [5.41, 5.74) is 4.05. The highest BCUT2D eigenvalue weighted by atomic mass is 16.5. The van der Waals surface area contributed by atoms with Gasteiger partial charge in [-0.3, -0.25) is 4.79 Å². The lowest BCUT2D eigenvalue weighted by molar-refractivity contribution is 0.0957. The molecule has 0 aliphatic rings. The quantitative estimate of drug-likeness (QED) is 0.571. The van der Waals surface area contributed by atoms with Gasteiger partial charge in [0.05, 0.1) is 12.8 Å². The normalized spacial score (nSPS) is 10.9. The highest BCUT2D eigenvalue weighted by Gasteiger charge is 2.08. The van der Waals surface area contributed by atoms with Crippen molar-refractivity contribution in [3.8, 4) is 5.75 Å². The maximum atomic E-state index is 12.4. The molecule has 0 aromatic heterocycles. The fourth-order valence-electron chi connectivity index (χ4n) is 2.50. The second kappa shape index (κ2) is 7.42. The summed E-state index contributed by atoms with van der Waals surface area (Å²) >= 11 is 0. The van der Waals surface area contributed by atoms with Crippen LogP contribution in [0.2, 0.25) is 0 Å². The number of hydrogen-bond acceptors (Lipinski definition) is 3. The Kier molecular flexibility index (Phi) is 4.87. The minimum Gasteiger partial charge on any atom is -0.494 e. The van der Waals surface area contributed by atoms with Crippen LogP contribution in [0.25, 0.3) is 10.8 Å². The summed E-state index contributed by atoms with van der Waals surface area (Å²) < 4.78 is 5.44. The summed E-state index contributed by atoms with van der Waals surface area (Å²) in [4.78, 5) is 12.4. The van der Waals surface area contributed by atoms with Crippen molar-refractivity contribution in [3.05, 3.63) is 77.9 Å². The number of ether oxygens (including phenoxy) is 1. The molecule has 0 radical (unpaired) electrons. The predicted molar refractivity (Wildman–Crippen MR) is 96.6 cm³/mol. The van der Waals surface area contributed by atoms with Crippen molar-refractivity contribution in [1.82, 2.24) is 5.43 Å². The standard InChI is InChI=1S/C20H18N2O2/c1-2-24-17-10-5-7-15(13-17)14-21-22-20(23)19-12-6-9-16-8-3-4-11-18(16)19/h3-14H,2H2,1H3,(H,22,23)/b21-14+. The molecule has 4 nitrogen and oxygen atoms in total. The van der Waals surface area contributed by atoms with E-state index in [2.05, 4.69) is 10.5 Å². The van der Waals surface area contributed by atoms with Crippen molar-refractivity contribution < 1.29 is 9.53 Å². The number of fused-ring (bicyclic) bond motifs is 1. The first-order chi connectivity index (χ1) is 11.8. The second-order valence-corrected chi connectivity index (χ2v) is 5.23. The number of amides is 1. The van der Waals surface area contributed by atoms with Gasteiger partial charge in [-0.05, 0) is 41.5 Å². The molecule has 0 unspecified atom stereocenters. The molecule has 0 fully saturated rings. The van der Waals surface area contributed by atoms with Crippen LogP contribution in [-0.4, -0.2) is 18.7 Å². The monoisotopic (exact) mass is 318 g/mol. The van der Waals surface area contributed by atoms with E-state index < -0.39 is 0 Å². The van der Waals surface area contributed by atoms with Gasteiger partial charge in [0, 0.05) is 5.56 Å². The summed E-state index contributed by atoms with van der Waals surface area (Å²) in [6.07, 6.45) is 1.60. The highest BCUT2D eigenvalue weighted by molar-refractivity contribution is 6.07. The van der Waals surface area contributed by atoms with E-state index in [9.17, 15) is 4.79 Å². The molecule has 3 aromatic rings. The molecule has 0 bridgehead atoms. The van der Waals surface area contributed by atoms with Gasteiger partial charge in [0.15, 0.2) is 0 Å². The number of carbonyl (C=O) groups excluding carboxylic acids is 1. The maximum Gasteiger partial charge on any atom is 0.271 e. The summed E-state index contributed by atoms with van der Waals surface area (Å²) in [5, 5.41) is 5.98. The molecule has 0 saturated carbocycles. The molecule has 0 atom stereocenters. The fourth-order valence-corrected chi connectivity index (χ4v) is 2.50. The smallest absolute Gasteiger partial charge is 0.271 e. The van der Waals surface area contributed by atoms with Gasteiger partial charge in [-0.1, -0.05) is 48.5 Å². The van der Waals surface area contributed by atoms with Crippen molar-refractivity contribution >= 4 is 22.9 Å². The number of benzene rings is 3. The minimum atomic E-state index is -0.232. The third kappa shape index (κ3) is 3.60. The van der Waals surface area contributed by atoms with Gasteiger partial charge >= 0.3 is 0 Å². The molecule has 0 aliphatic carbocycles. The Balaban J connectivity index is 1.74. The maximum absolute atomic E-state index is 12.4. The van der Waals surface area contributed by atoms with Crippen LogP contribution >= 0.6 is 0 Å². The van der Waals surface area contributed by atoms with Crippen LogP contribution < -0.4 is 10.2 Å². The molecule has 0 aliphatic heterocycles. The lowest BCUT2D eigenvalue weighted by Gasteiger charge is -2.05. The van der Waals surface area contributed by atoms with Crippen LogP contribution in [0.5, 0.6) is 5.75 Å². The number of carbonyl (C=O) groups is 1. The van der Waals surface area contributed by atoms with E-state index >= 15 is 0 Å². The number of nitrogens with one attached hydrogen (secondary N) is 1. The van der Waals surface area contributed by atoms with Gasteiger partial charge in [0.1, 0.15) is 5.75 Å². The Labute approximate surface area is 140 Å². The molecule has 120 valence electrons. The van der Waals surface area contributed by atoms with E-state index in [-0.39, 0.29) is 5.91 Å². The van der Waals surface area contributed by atoms with Crippen molar-refractivity contribution in [2.45, 2.75) is 6.92 Å².